The third-order valence-corrected chi connectivity index (χ3v) is 15.6. The third kappa shape index (κ3) is 7.26. The normalized spacial score (nSPS) is 13.4. The number of nitrogens with zero attached hydrogens (tertiary/aromatic N) is 2. The first-order valence-electron chi connectivity index (χ1n) is 10.7. The molecule has 0 saturated heterocycles. The molecule has 0 spiro atoms. The van der Waals surface area contributed by atoms with Gasteiger partial charge < -0.3 is 18.2 Å². The molecule has 0 atom stereocenters. The van der Waals surface area contributed by atoms with Crippen molar-refractivity contribution in [1.82, 2.24) is 4.57 Å². The van der Waals surface area contributed by atoms with Crippen LogP contribution in [0.1, 0.15) is 41.5 Å². The highest BCUT2D eigenvalue weighted by Gasteiger charge is 2.38. The van der Waals surface area contributed by atoms with Crippen LogP contribution in [-0.2, 0) is 15.4 Å². The van der Waals surface area contributed by atoms with Gasteiger partial charge in [0.25, 0.3) is 0 Å². The summed E-state index contributed by atoms with van der Waals surface area (Å²) in [7, 11) is -3.89. The highest BCUT2D eigenvalue weighted by atomic mass is 28.4. The molecule has 8 nitrogen and oxygen atoms in total. The summed E-state index contributed by atoms with van der Waals surface area (Å²) in [6.45, 7) is 22.4. The fourth-order valence-corrected chi connectivity index (χ4v) is 4.35. The van der Waals surface area contributed by atoms with Crippen LogP contribution in [0.25, 0.3) is 0 Å². The minimum atomic E-state index is -1.96. The Labute approximate surface area is 188 Å². The second-order valence-corrected chi connectivity index (χ2v) is 20.5. The largest absolute Gasteiger partial charge is 0.484 e. The van der Waals surface area contributed by atoms with Crippen LogP contribution in [0.2, 0.25) is 36.3 Å². The summed E-state index contributed by atoms with van der Waals surface area (Å²) in [4.78, 5) is 23.5. The van der Waals surface area contributed by atoms with Crippen LogP contribution < -0.4 is 10.3 Å². The van der Waals surface area contributed by atoms with Crippen molar-refractivity contribution >= 4 is 22.3 Å². The summed E-state index contributed by atoms with van der Waals surface area (Å²) < 4.78 is 19.0. The van der Waals surface area contributed by atoms with Gasteiger partial charge in [0.2, 0.25) is 5.75 Å². The van der Waals surface area contributed by atoms with E-state index in [0.29, 0.717) is 13.2 Å². The lowest BCUT2D eigenvalue weighted by Crippen LogP contribution is -2.42. The summed E-state index contributed by atoms with van der Waals surface area (Å²) in [6, 6.07) is 1.47. The van der Waals surface area contributed by atoms with Gasteiger partial charge in [-0.15, -0.1) is 0 Å². The monoisotopic (exact) mass is 472 g/mol. The quantitative estimate of drug-likeness (QED) is 0.202. The molecule has 0 aliphatic carbocycles. The van der Waals surface area contributed by atoms with Crippen LogP contribution >= 0.6 is 0 Å². The summed E-state index contributed by atoms with van der Waals surface area (Å²) in [6.07, 6.45) is 1.52. The first kappa shape index (κ1) is 27.5. The molecule has 0 N–H and O–H groups in total. The molecule has 0 aliphatic heterocycles. The maximum absolute atomic E-state index is 12.7. The molecule has 1 heterocycles. The highest BCUT2D eigenvalue weighted by Crippen LogP contribution is 2.37. The topological polar surface area (TPSA) is 92.8 Å². The lowest BCUT2D eigenvalue weighted by atomic mass is 10.2. The fourth-order valence-electron chi connectivity index (χ4n) is 2.29. The lowest BCUT2D eigenvalue weighted by Gasteiger charge is -2.36. The Morgan fingerprint density at radius 3 is 1.87 bits per heavy atom. The van der Waals surface area contributed by atoms with Crippen LogP contribution in [0.3, 0.4) is 0 Å². The van der Waals surface area contributed by atoms with Gasteiger partial charge in [-0.1, -0.05) is 41.5 Å². The van der Waals surface area contributed by atoms with Gasteiger partial charge in [-0.25, -0.2) is 0 Å². The Morgan fingerprint density at radius 2 is 1.42 bits per heavy atom. The van der Waals surface area contributed by atoms with E-state index in [4.69, 9.17) is 13.6 Å². The molecular formula is C21H40N2O6Si2. The number of aromatic nitrogens is 1. The molecule has 0 aliphatic rings. The van der Waals surface area contributed by atoms with Gasteiger partial charge in [-0.2, -0.15) is 0 Å². The molecule has 0 saturated carbocycles. The van der Waals surface area contributed by atoms with E-state index in [9.17, 15) is 14.9 Å². The van der Waals surface area contributed by atoms with E-state index in [1.807, 2.05) is 0 Å². The Hall–Kier alpha value is -1.50. The fraction of sp³-hybridized carbons (Fsp3) is 0.762. The number of rotatable bonds is 10. The molecule has 0 unspecified atom stereocenters. The second kappa shape index (κ2) is 9.97. The summed E-state index contributed by atoms with van der Waals surface area (Å²) in [5.74, 6) is -0.0320. The standard InChI is InChI=1S/C21H40N2O6Si2/c1-20(2,3)30(7,8)28-14-13-22-12-11-17(18(19(22)24)23(25)26)27-15-16-29-31(9,10)21(4,5)6/h11-12H,13-16H2,1-10H3. The van der Waals surface area contributed by atoms with Crippen molar-refractivity contribution in [2.24, 2.45) is 0 Å². The predicted molar refractivity (Wildman–Crippen MR) is 129 cm³/mol. The number of nitro groups is 1. The van der Waals surface area contributed by atoms with Crippen LogP contribution in [0.15, 0.2) is 17.1 Å². The number of hydrogen-bond donors (Lipinski definition) is 0. The average molecular weight is 473 g/mol. The second-order valence-electron chi connectivity index (χ2n) is 10.9. The van der Waals surface area contributed by atoms with E-state index in [2.05, 4.69) is 67.7 Å². The van der Waals surface area contributed by atoms with Crippen molar-refractivity contribution in [3.8, 4) is 5.75 Å². The van der Waals surface area contributed by atoms with E-state index in [1.54, 1.807) is 0 Å². The molecule has 0 aromatic carbocycles. The predicted octanol–water partition coefficient (Wildman–Crippen LogP) is 5.18. The SMILES string of the molecule is CC(C)(C)[Si](C)(C)OCCOc1ccn(CCO[Si](C)(C)C(C)(C)C)c(=O)c1[N+](=O)[O-]. The van der Waals surface area contributed by atoms with E-state index >= 15 is 0 Å². The van der Waals surface area contributed by atoms with E-state index in [0.717, 1.165) is 0 Å². The summed E-state index contributed by atoms with van der Waals surface area (Å²) in [5, 5.41) is 11.7. The van der Waals surface area contributed by atoms with Crippen molar-refractivity contribution in [3.05, 3.63) is 32.7 Å². The van der Waals surface area contributed by atoms with Crippen LogP contribution in [0.5, 0.6) is 5.75 Å². The maximum atomic E-state index is 12.7. The minimum Gasteiger partial charge on any atom is -0.484 e. The molecule has 10 heteroatoms. The molecule has 178 valence electrons. The number of hydrogen-bond acceptors (Lipinski definition) is 6. The van der Waals surface area contributed by atoms with Crippen molar-refractivity contribution in [1.29, 1.82) is 0 Å². The molecule has 0 amide bonds. The average Bonchev–Trinajstić information content (AvgIpc) is 2.58. The zero-order valence-electron chi connectivity index (χ0n) is 20.8. The molecule has 0 radical (unpaired) electrons. The van der Waals surface area contributed by atoms with Crippen LogP contribution in [-0.4, -0.2) is 45.9 Å². The van der Waals surface area contributed by atoms with Gasteiger partial charge in [0, 0.05) is 18.8 Å². The molecule has 0 bridgehead atoms. The van der Waals surface area contributed by atoms with Gasteiger partial charge in [0.05, 0.1) is 18.1 Å². The zero-order valence-corrected chi connectivity index (χ0v) is 22.8. The van der Waals surface area contributed by atoms with E-state index < -0.39 is 32.8 Å². The van der Waals surface area contributed by atoms with Gasteiger partial charge >= 0.3 is 11.2 Å². The zero-order chi connectivity index (χ0) is 24.3. The minimum absolute atomic E-state index is 0.0320. The van der Waals surface area contributed by atoms with E-state index in [1.165, 1.54) is 16.8 Å². The maximum Gasteiger partial charge on any atom is 0.375 e. The van der Waals surface area contributed by atoms with Crippen molar-refractivity contribution in [2.75, 3.05) is 19.8 Å². The van der Waals surface area contributed by atoms with Crippen molar-refractivity contribution in [2.45, 2.75) is 84.4 Å². The van der Waals surface area contributed by atoms with Gasteiger partial charge in [-0.05, 0) is 36.3 Å². The van der Waals surface area contributed by atoms with Crippen LogP contribution in [0, 0.1) is 10.1 Å². The smallest absolute Gasteiger partial charge is 0.375 e. The Morgan fingerprint density at radius 1 is 0.935 bits per heavy atom. The first-order valence-corrected chi connectivity index (χ1v) is 16.5. The summed E-state index contributed by atoms with van der Waals surface area (Å²) >= 11 is 0. The van der Waals surface area contributed by atoms with Gasteiger partial charge in [-0.3, -0.25) is 14.9 Å². The van der Waals surface area contributed by atoms with Gasteiger partial charge in [0.15, 0.2) is 16.6 Å². The van der Waals surface area contributed by atoms with Crippen LogP contribution in [0.4, 0.5) is 5.69 Å². The number of pyridine rings is 1. The molecule has 0 fully saturated rings. The number of ether oxygens (including phenoxy) is 1. The molecule has 1 rings (SSSR count). The highest BCUT2D eigenvalue weighted by molar-refractivity contribution is 6.74. The Balaban J connectivity index is 2.85. The Bertz CT molecular complexity index is 823. The van der Waals surface area contributed by atoms with Crippen molar-refractivity contribution < 1.29 is 18.5 Å². The molecule has 1 aromatic heterocycles. The first-order chi connectivity index (χ1) is 13.9. The molecule has 1 aromatic rings. The Kier molecular flexibility index (Phi) is 8.86. The lowest BCUT2D eigenvalue weighted by molar-refractivity contribution is -0.387. The van der Waals surface area contributed by atoms with Gasteiger partial charge in [0.1, 0.15) is 6.61 Å². The molecular weight excluding hydrogens is 432 g/mol. The summed E-state index contributed by atoms with van der Waals surface area (Å²) in [5.41, 5.74) is -1.24. The third-order valence-electron chi connectivity index (χ3n) is 6.50. The van der Waals surface area contributed by atoms with E-state index in [-0.39, 0.29) is 29.0 Å². The van der Waals surface area contributed by atoms with Crippen molar-refractivity contribution in [3.63, 3.8) is 0 Å². The molecule has 31 heavy (non-hydrogen) atoms.